The first-order valence-electron chi connectivity index (χ1n) is 9.64. The molecule has 1 aliphatic rings. The van der Waals surface area contributed by atoms with Crippen LogP contribution in [0.2, 0.25) is 0 Å². The minimum Gasteiger partial charge on any atom is -0.495 e. The van der Waals surface area contributed by atoms with Gasteiger partial charge < -0.3 is 9.64 Å². The third-order valence-electron chi connectivity index (χ3n) is 5.23. The number of ether oxygens (including phenoxy) is 1. The van der Waals surface area contributed by atoms with E-state index in [0.717, 1.165) is 11.3 Å². The van der Waals surface area contributed by atoms with Gasteiger partial charge in [0.15, 0.2) is 0 Å². The summed E-state index contributed by atoms with van der Waals surface area (Å²) in [5.41, 5.74) is 1.79. The Labute approximate surface area is 189 Å². The van der Waals surface area contributed by atoms with Crippen LogP contribution in [0.1, 0.15) is 26.9 Å². The van der Waals surface area contributed by atoms with E-state index in [0.29, 0.717) is 12.1 Å². The molecule has 1 aliphatic heterocycles. The van der Waals surface area contributed by atoms with Crippen molar-refractivity contribution < 1.29 is 17.9 Å². The molecule has 0 saturated heterocycles. The number of hydrogen-bond donors (Lipinski definition) is 1. The molecule has 0 radical (unpaired) electrons. The van der Waals surface area contributed by atoms with Crippen molar-refractivity contribution in [2.45, 2.75) is 17.4 Å². The summed E-state index contributed by atoms with van der Waals surface area (Å²) in [6, 6.07) is 10.9. The number of carbonyl (C=O) groups is 1. The third-order valence-corrected chi connectivity index (χ3v) is 8.58. The minimum absolute atomic E-state index is 0.0319. The van der Waals surface area contributed by atoms with E-state index in [1.807, 2.05) is 16.3 Å². The van der Waals surface area contributed by atoms with Crippen molar-refractivity contribution in [1.29, 1.82) is 0 Å². The summed E-state index contributed by atoms with van der Waals surface area (Å²) in [5.74, 6) is 0.140. The molecule has 3 heterocycles. The first kappa shape index (κ1) is 21.8. The van der Waals surface area contributed by atoms with Crippen LogP contribution in [0.5, 0.6) is 5.75 Å². The molecule has 3 aromatic rings. The van der Waals surface area contributed by atoms with Crippen molar-refractivity contribution >= 4 is 44.7 Å². The molecular weight excluding hydrogens is 452 g/mol. The molecule has 1 unspecified atom stereocenters. The van der Waals surface area contributed by atoms with E-state index in [4.69, 9.17) is 4.74 Å². The highest BCUT2D eigenvalue weighted by molar-refractivity contribution is 7.89. The summed E-state index contributed by atoms with van der Waals surface area (Å²) < 4.78 is 32.1. The van der Waals surface area contributed by atoms with E-state index in [1.54, 1.807) is 40.9 Å². The first-order valence-corrected chi connectivity index (χ1v) is 12.9. The highest BCUT2D eigenvalue weighted by Crippen LogP contribution is 2.39. The average molecular weight is 475 g/mol. The van der Waals surface area contributed by atoms with E-state index in [1.165, 1.54) is 36.7 Å². The second-order valence-corrected chi connectivity index (χ2v) is 10.8. The fourth-order valence-electron chi connectivity index (χ4n) is 3.69. The molecule has 2 aromatic heterocycles. The minimum atomic E-state index is -3.69. The van der Waals surface area contributed by atoms with Crippen molar-refractivity contribution in [2.24, 2.45) is 0 Å². The molecule has 162 valence electrons. The van der Waals surface area contributed by atoms with Crippen LogP contribution in [-0.2, 0) is 21.2 Å². The third kappa shape index (κ3) is 4.31. The summed E-state index contributed by atoms with van der Waals surface area (Å²) in [7, 11) is -0.922. The number of benzene rings is 1. The number of methoxy groups -OCH3 is 1. The molecule has 31 heavy (non-hydrogen) atoms. The van der Waals surface area contributed by atoms with Crippen LogP contribution in [0, 0.1) is 0 Å². The summed E-state index contributed by atoms with van der Waals surface area (Å²) >= 11 is 3.38. The molecule has 1 aromatic carbocycles. The van der Waals surface area contributed by atoms with E-state index >= 15 is 0 Å². The van der Waals surface area contributed by atoms with Gasteiger partial charge >= 0.3 is 0 Å². The van der Waals surface area contributed by atoms with Crippen LogP contribution >= 0.6 is 22.7 Å². The van der Waals surface area contributed by atoms with Crippen LogP contribution < -0.4 is 9.46 Å². The van der Waals surface area contributed by atoms with Gasteiger partial charge in [0.05, 0.1) is 13.2 Å². The first-order chi connectivity index (χ1) is 14.9. The van der Waals surface area contributed by atoms with Crippen LogP contribution in [0.4, 0.5) is 0 Å². The molecule has 6 nitrogen and oxygen atoms in total. The molecule has 0 bridgehead atoms. The fraction of sp³-hybridized carbons (Fsp3) is 0.227. The molecule has 0 fully saturated rings. The van der Waals surface area contributed by atoms with Gasteiger partial charge in [0, 0.05) is 22.4 Å². The number of rotatable bonds is 6. The summed E-state index contributed by atoms with van der Waals surface area (Å²) in [6.45, 7) is 0.640. The zero-order valence-corrected chi connectivity index (χ0v) is 19.5. The Hall–Kier alpha value is -2.46. The topological polar surface area (TPSA) is 75.7 Å². The van der Waals surface area contributed by atoms with Crippen molar-refractivity contribution in [3.05, 3.63) is 74.1 Å². The Kier molecular flexibility index (Phi) is 6.29. The summed E-state index contributed by atoms with van der Waals surface area (Å²) in [6.07, 6.45) is 3.99. The molecule has 0 spiro atoms. The van der Waals surface area contributed by atoms with Gasteiger partial charge in [-0.05, 0) is 65.7 Å². The van der Waals surface area contributed by atoms with Gasteiger partial charge in [-0.2, -0.15) is 0 Å². The largest absolute Gasteiger partial charge is 0.495 e. The average Bonchev–Trinajstić information content (AvgIpc) is 3.48. The Morgan fingerprint density at radius 3 is 2.77 bits per heavy atom. The predicted octanol–water partition coefficient (Wildman–Crippen LogP) is 3.91. The van der Waals surface area contributed by atoms with E-state index in [-0.39, 0.29) is 22.6 Å². The normalized spacial score (nSPS) is 16.5. The van der Waals surface area contributed by atoms with E-state index < -0.39 is 10.0 Å². The maximum absolute atomic E-state index is 13.2. The number of fused-ring (bicyclic) bond motifs is 1. The number of nitrogens with one attached hydrogen (secondary N) is 1. The number of carbonyl (C=O) groups excluding carboxylic acids is 1. The highest BCUT2D eigenvalue weighted by Gasteiger charge is 2.32. The molecule has 4 rings (SSSR count). The Morgan fingerprint density at radius 2 is 2.06 bits per heavy atom. The number of hydrogen-bond acceptors (Lipinski definition) is 6. The number of sulfonamides is 1. The molecule has 0 saturated carbocycles. The number of thiophene rings is 2. The van der Waals surface area contributed by atoms with Gasteiger partial charge in [-0.25, -0.2) is 13.1 Å². The van der Waals surface area contributed by atoms with Gasteiger partial charge in [0.1, 0.15) is 10.6 Å². The van der Waals surface area contributed by atoms with Crippen molar-refractivity contribution in [1.82, 2.24) is 9.62 Å². The fourth-order valence-corrected chi connectivity index (χ4v) is 6.37. The van der Waals surface area contributed by atoms with Gasteiger partial charge in [0.25, 0.3) is 0 Å². The molecule has 0 aliphatic carbocycles. The predicted molar refractivity (Wildman–Crippen MR) is 124 cm³/mol. The SMILES string of the molecule is CNS(=O)(=O)c1cc(C=CC(=O)N2CCc3sccc3C2c2cccs2)ccc1OC. The number of amides is 1. The maximum atomic E-state index is 13.2. The van der Waals surface area contributed by atoms with Crippen LogP contribution in [0.15, 0.2) is 58.1 Å². The zero-order chi connectivity index (χ0) is 22.0. The quantitative estimate of drug-likeness (QED) is 0.550. The second kappa shape index (κ2) is 8.96. The van der Waals surface area contributed by atoms with Crippen molar-refractivity contribution in [2.75, 3.05) is 20.7 Å². The smallest absolute Gasteiger partial charge is 0.247 e. The molecular formula is C22H22N2O4S3. The standard InChI is InChI=1S/C22H22N2O4S3/c1-23-31(26,27)20-14-15(5-7-17(20)28-2)6-8-21(25)24-11-9-18-16(10-13-30-18)22(24)19-4-3-12-29-19/h3-8,10,12-14,22-23H,9,11H2,1-2H3. The van der Waals surface area contributed by atoms with Gasteiger partial charge in [-0.3, -0.25) is 4.79 Å². The summed E-state index contributed by atoms with van der Waals surface area (Å²) in [4.78, 5) is 17.5. The monoisotopic (exact) mass is 474 g/mol. The van der Waals surface area contributed by atoms with Gasteiger partial charge in [0.2, 0.25) is 15.9 Å². The van der Waals surface area contributed by atoms with Crippen LogP contribution in [0.3, 0.4) is 0 Å². The Balaban J connectivity index is 1.63. The van der Waals surface area contributed by atoms with Crippen molar-refractivity contribution in [3.63, 3.8) is 0 Å². The van der Waals surface area contributed by atoms with E-state index in [9.17, 15) is 13.2 Å². The maximum Gasteiger partial charge on any atom is 0.247 e. The lowest BCUT2D eigenvalue weighted by Crippen LogP contribution is -2.38. The second-order valence-electron chi connectivity index (χ2n) is 6.95. The van der Waals surface area contributed by atoms with Crippen LogP contribution in [0.25, 0.3) is 6.08 Å². The lowest BCUT2D eigenvalue weighted by atomic mass is 9.98. The van der Waals surface area contributed by atoms with Crippen LogP contribution in [-0.4, -0.2) is 39.9 Å². The van der Waals surface area contributed by atoms with Gasteiger partial charge in [-0.15, -0.1) is 22.7 Å². The Morgan fingerprint density at radius 1 is 1.23 bits per heavy atom. The lowest BCUT2D eigenvalue weighted by Gasteiger charge is -2.34. The zero-order valence-electron chi connectivity index (χ0n) is 17.1. The Bertz CT molecular complexity index is 1210. The summed E-state index contributed by atoms with van der Waals surface area (Å²) in [5, 5.41) is 4.10. The highest BCUT2D eigenvalue weighted by atomic mass is 32.2. The van der Waals surface area contributed by atoms with Crippen molar-refractivity contribution in [3.8, 4) is 5.75 Å². The van der Waals surface area contributed by atoms with Gasteiger partial charge in [-0.1, -0.05) is 12.1 Å². The molecule has 1 N–H and O–H groups in total. The van der Waals surface area contributed by atoms with E-state index in [2.05, 4.69) is 22.2 Å². The molecule has 1 atom stereocenters. The molecule has 1 amide bonds. The molecule has 9 heteroatoms. The lowest BCUT2D eigenvalue weighted by molar-refractivity contribution is -0.127. The number of nitrogens with zero attached hydrogens (tertiary/aromatic N) is 1.